The van der Waals surface area contributed by atoms with Crippen LogP contribution in [0.15, 0.2) is 24.3 Å². The van der Waals surface area contributed by atoms with E-state index in [4.69, 9.17) is 0 Å². The average molecular weight is 289 g/mol. The van der Waals surface area contributed by atoms with Crippen molar-refractivity contribution >= 4 is 0 Å². The molecule has 0 unspecified atom stereocenters. The summed E-state index contributed by atoms with van der Waals surface area (Å²) in [4.78, 5) is 0. The predicted molar refractivity (Wildman–Crippen MR) is 85.9 cm³/mol. The minimum absolute atomic E-state index is 0.125. The van der Waals surface area contributed by atoms with Gasteiger partial charge in [0.05, 0.1) is 0 Å². The van der Waals surface area contributed by atoms with Gasteiger partial charge in [-0.05, 0) is 74.6 Å². The summed E-state index contributed by atoms with van der Waals surface area (Å²) in [6.45, 7) is 1.19. The summed E-state index contributed by atoms with van der Waals surface area (Å²) in [7, 11) is 0. The van der Waals surface area contributed by atoms with E-state index >= 15 is 0 Å². The summed E-state index contributed by atoms with van der Waals surface area (Å²) in [5.41, 5.74) is 1.82. The molecule has 0 spiro atoms. The summed E-state index contributed by atoms with van der Waals surface area (Å²) in [6.07, 6.45) is 13.4. The van der Waals surface area contributed by atoms with Gasteiger partial charge in [0.25, 0.3) is 0 Å². The van der Waals surface area contributed by atoms with Crippen LogP contribution >= 0.6 is 0 Å². The summed E-state index contributed by atoms with van der Waals surface area (Å²) >= 11 is 0. The van der Waals surface area contributed by atoms with Crippen molar-refractivity contribution < 1.29 is 4.39 Å². The fourth-order valence-electron chi connectivity index (χ4n) is 3.82. The van der Waals surface area contributed by atoms with Crippen LogP contribution in [0, 0.1) is 11.2 Å². The second-order valence-electron chi connectivity index (χ2n) is 7.17. The second kappa shape index (κ2) is 6.91. The van der Waals surface area contributed by atoms with E-state index in [1.165, 1.54) is 69.9 Å². The van der Waals surface area contributed by atoms with Crippen LogP contribution in [0.25, 0.3) is 0 Å². The van der Waals surface area contributed by atoms with Crippen LogP contribution in [0.2, 0.25) is 0 Å². The Kier molecular flexibility index (Phi) is 4.95. The molecule has 1 nitrogen and oxygen atoms in total. The molecule has 0 radical (unpaired) electrons. The van der Waals surface area contributed by atoms with E-state index in [2.05, 4.69) is 5.32 Å². The predicted octanol–water partition coefficient (Wildman–Crippen LogP) is 4.85. The zero-order chi connectivity index (χ0) is 14.5. The number of aryl methyl sites for hydroxylation is 1. The zero-order valence-corrected chi connectivity index (χ0v) is 13.0. The minimum atomic E-state index is -0.125. The standard InChI is InChI=1S/C19H28FN/c20-17-6-4-16(5-7-17)10-13-19(11-2-1-3-12-19)14-15-21-18-8-9-18/h4-7,18,21H,1-3,8-15H2. The van der Waals surface area contributed by atoms with Crippen molar-refractivity contribution in [3.8, 4) is 0 Å². The highest BCUT2D eigenvalue weighted by molar-refractivity contribution is 5.16. The molecule has 1 aromatic rings. The number of hydrogen-bond donors (Lipinski definition) is 1. The van der Waals surface area contributed by atoms with Gasteiger partial charge < -0.3 is 5.32 Å². The third kappa shape index (κ3) is 4.54. The lowest BCUT2D eigenvalue weighted by molar-refractivity contribution is 0.156. The van der Waals surface area contributed by atoms with Crippen LogP contribution in [0.5, 0.6) is 0 Å². The Morgan fingerprint density at radius 2 is 1.71 bits per heavy atom. The summed E-state index contributed by atoms with van der Waals surface area (Å²) in [5, 5.41) is 3.68. The van der Waals surface area contributed by atoms with Crippen LogP contribution in [0.1, 0.15) is 63.4 Å². The Balaban J connectivity index is 1.54. The molecule has 116 valence electrons. The Hall–Kier alpha value is -0.890. The fraction of sp³-hybridized carbons (Fsp3) is 0.684. The highest BCUT2D eigenvalue weighted by Gasteiger charge is 2.32. The van der Waals surface area contributed by atoms with Gasteiger partial charge in [-0.1, -0.05) is 31.4 Å². The van der Waals surface area contributed by atoms with Gasteiger partial charge >= 0.3 is 0 Å². The van der Waals surface area contributed by atoms with Crippen molar-refractivity contribution in [3.05, 3.63) is 35.6 Å². The molecule has 2 aliphatic carbocycles. The molecule has 3 rings (SSSR count). The first-order valence-electron chi connectivity index (χ1n) is 8.74. The SMILES string of the molecule is Fc1ccc(CCC2(CCNC3CC3)CCCCC2)cc1. The Bertz CT molecular complexity index is 429. The van der Waals surface area contributed by atoms with Gasteiger partial charge in [-0.15, -0.1) is 0 Å². The smallest absolute Gasteiger partial charge is 0.123 e. The molecule has 21 heavy (non-hydrogen) atoms. The number of rotatable bonds is 7. The van der Waals surface area contributed by atoms with Crippen LogP contribution < -0.4 is 5.32 Å². The highest BCUT2D eigenvalue weighted by atomic mass is 19.1. The van der Waals surface area contributed by atoms with E-state index in [0.717, 1.165) is 12.5 Å². The molecule has 2 heteroatoms. The quantitative estimate of drug-likeness (QED) is 0.756. The molecular weight excluding hydrogens is 261 g/mol. The first kappa shape index (κ1) is 15.0. The summed E-state index contributed by atoms with van der Waals surface area (Å²) in [5.74, 6) is -0.125. The first-order valence-corrected chi connectivity index (χ1v) is 8.74. The van der Waals surface area contributed by atoms with Crippen molar-refractivity contribution in [3.63, 3.8) is 0 Å². The lowest BCUT2D eigenvalue weighted by atomic mass is 9.68. The minimum Gasteiger partial charge on any atom is -0.314 e. The highest BCUT2D eigenvalue weighted by Crippen LogP contribution is 2.43. The largest absolute Gasteiger partial charge is 0.314 e. The summed E-state index contributed by atoms with van der Waals surface area (Å²) in [6, 6.07) is 7.92. The number of hydrogen-bond acceptors (Lipinski definition) is 1. The molecule has 2 aliphatic rings. The monoisotopic (exact) mass is 289 g/mol. The maximum atomic E-state index is 13.0. The molecule has 0 saturated heterocycles. The Labute approximate surface area is 128 Å². The van der Waals surface area contributed by atoms with Gasteiger partial charge in [0.15, 0.2) is 0 Å². The maximum absolute atomic E-state index is 13.0. The van der Waals surface area contributed by atoms with Crippen LogP contribution in [0.3, 0.4) is 0 Å². The van der Waals surface area contributed by atoms with E-state index in [0.29, 0.717) is 5.41 Å². The van der Waals surface area contributed by atoms with E-state index in [-0.39, 0.29) is 5.82 Å². The fourth-order valence-corrected chi connectivity index (χ4v) is 3.82. The molecule has 0 aromatic heterocycles. The Morgan fingerprint density at radius 3 is 2.38 bits per heavy atom. The van der Waals surface area contributed by atoms with Crippen molar-refractivity contribution in [1.82, 2.24) is 5.32 Å². The lowest BCUT2D eigenvalue weighted by Gasteiger charge is -2.38. The maximum Gasteiger partial charge on any atom is 0.123 e. The normalized spacial score (nSPS) is 21.4. The van der Waals surface area contributed by atoms with Gasteiger partial charge in [-0.2, -0.15) is 0 Å². The zero-order valence-electron chi connectivity index (χ0n) is 13.0. The molecule has 1 aromatic carbocycles. The van der Waals surface area contributed by atoms with E-state index < -0.39 is 0 Å². The van der Waals surface area contributed by atoms with E-state index in [9.17, 15) is 4.39 Å². The summed E-state index contributed by atoms with van der Waals surface area (Å²) < 4.78 is 13.0. The number of halogens is 1. The van der Waals surface area contributed by atoms with Gasteiger partial charge in [0.1, 0.15) is 5.82 Å². The Morgan fingerprint density at radius 1 is 1.00 bits per heavy atom. The third-order valence-electron chi connectivity index (χ3n) is 5.44. The van der Waals surface area contributed by atoms with Crippen molar-refractivity contribution in [2.45, 2.75) is 70.3 Å². The third-order valence-corrected chi connectivity index (χ3v) is 5.44. The van der Waals surface area contributed by atoms with Crippen molar-refractivity contribution in [2.24, 2.45) is 5.41 Å². The molecule has 2 saturated carbocycles. The second-order valence-corrected chi connectivity index (χ2v) is 7.17. The van der Waals surface area contributed by atoms with Gasteiger partial charge in [0, 0.05) is 6.04 Å². The van der Waals surface area contributed by atoms with Gasteiger partial charge in [0.2, 0.25) is 0 Å². The topological polar surface area (TPSA) is 12.0 Å². The molecule has 1 N–H and O–H groups in total. The van der Waals surface area contributed by atoms with E-state index in [1.54, 1.807) is 12.1 Å². The molecule has 0 amide bonds. The molecule has 0 atom stereocenters. The van der Waals surface area contributed by atoms with Crippen LogP contribution in [-0.4, -0.2) is 12.6 Å². The van der Waals surface area contributed by atoms with Crippen LogP contribution in [-0.2, 0) is 6.42 Å². The molecule has 0 heterocycles. The molecular formula is C19H28FN. The van der Waals surface area contributed by atoms with Crippen molar-refractivity contribution in [1.29, 1.82) is 0 Å². The number of benzene rings is 1. The molecule has 0 bridgehead atoms. The van der Waals surface area contributed by atoms with Gasteiger partial charge in [-0.3, -0.25) is 0 Å². The number of nitrogens with one attached hydrogen (secondary N) is 1. The molecule has 0 aliphatic heterocycles. The van der Waals surface area contributed by atoms with Crippen molar-refractivity contribution in [2.75, 3.05) is 6.54 Å². The first-order chi connectivity index (χ1) is 10.3. The van der Waals surface area contributed by atoms with Crippen LogP contribution in [0.4, 0.5) is 4.39 Å². The molecule has 2 fully saturated rings. The van der Waals surface area contributed by atoms with Gasteiger partial charge in [-0.25, -0.2) is 4.39 Å². The average Bonchev–Trinajstić information content (AvgIpc) is 3.32. The lowest BCUT2D eigenvalue weighted by Crippen LogP contribution is -2.30. The van der Waals surface area contributed by atoms with E-state index in [1.807, 2.05) is 12.1 Å².